The maximum atomic E-state index is 12.0. The van der Waals surface area contributed by atoms with Crippen molar-refractivity contribution in [2.24, 2.45) is 7.05 Å². The van der Waals surface area contributed by atoms with Crippen LogP contribution in [0.1, 0.15) is 21.0 Å². The topological polar surface area (TPSA) is 73.2 Å². The molecule has 0 aliphatic rings. The predicted octanol–water partition coefficient (Wildman–Crippen LogP) is 2.11. The second-order valence-electron chi connectivity index (χ2n) is 3.99. The van der Waals surface area contributed by atoms with Crippen molar-refractivity contribution in [2.75, 3.05) is 12.4 Å². The Balaban J connectivity index is 2.17. The summed E-state index contributed by atoms with van der Waals surface area (Å²) in [5.74, 6) is -0.969. The molecule has 7 heteroatoms. The van der Waals surface area contributed by atoms with Crippen molar-refractivity contribution >= 4 is 29.2 Å². The van der Waals surface area contributed by atoms with Crippen molar-refractivity contribution in [3.63, 3.8) is 0 Å². The van der Waals surface area contributed by atoms with Crippen LogP contribution in [0.4, 0.5) is 5.69 Å². The van der Waals surface area contributed by atoms with Gasteiger partial charge in [-0.3, -0.25) is 9.48 Å². The lowest BCUT2D eigenvalue weighted by Gasteiger charge is -2.02. The molecule has 0 aliphatic carbocycles. The zero-order valence-corrected chi connectivity index (χ0v) is 11.6. The molecule has 104 valence electrons. The van der Waals surface area contributed by atoms with Gasteiger partial charge in [0.2, 0.25) is 0 Å². The van der Waals surface area contributed by atoms with Crippen LogP contribution in [-0.4, -0.2) is 28.8 Å². The summed E-state index contributed by atoms with van der Waals surface area (Å²) in [5.41, 5.74) is 0.918. The van der Waals surface area contributed by atoms with Gasteiger partial charge in [0.1, 0.15) is 5.69 Å². The molecule has 0 unspecified atom stereocenters. The van der Waals surface area contributed by atoms with Crippen LogP contribution in [0.5, 0.6) is 0 Å². The molecule has 2 rings (SSSR count). The first-order valence-corrected chi connectivity index (χ1v) is 6.08. The second-order valence-corrected chi connectivity index (χ2v) is 4.43. The maximum absolute atomic E-state index is 12.0. The normalized spacial score (nSPS) is 10.2. The quantitative estimate of drug-likeness (QED) is 0.880. The third kappa shape index (κ3) is 2.97. The number of benzene rings is 1. The highest BCUT2D eigenvalue weighted by atomic mass is 35.5. The average Bonchev–Trinajstić information content (AvgIpc) is 2.82. The number of methoxy groups -OCH3 is 1. The first-order valence-electron chi connectivity index (χ1n) is 5.70. The summed E-state index contributed by atoms with van der Waals surface area (Å²) >= 11 is 5.76. The number of aryl methyl sites for hydroxylation is 1. The standard InChI is InChI=1S/C13H12ClN3O3/c1-17-11(13(19)20-2)7-10(16-17)12(18)15-9-5-3-8(14)4-6-9/h3-7H,1-2H3,(H,15,18). The average molecular weight is 294 g/mol. The van der Waals surface area contributed by atoms with Crippen LogP contribution in [-0.2, 0) is 11.8 Å². The molecule has 0 radical (unpaired) electrons. The van der Waals surface area contributed by atoms with Gasteiger partial charge >= 0.3 is 5.97 Å². The highest BCUT2D eigenvalue weighted by Gasteiger charge is 2.17. The number of esters is 1. The van der Waals surface area contributed by atoms with E-state index < -0.39 is 11.9 Å². The van der Waals surface area contributed by atoms with Gasteiger partial charge < -0.3 is 10.1 Å². The molecule has 2 aromatic rings. The summed E-state index contributed by atoms with van der Waals surface area (Å²) in [7, 11) is 2.83. The number of amides is 1. The molecular weight excluding hydrogens is 282 g/mol. The summed E-state index contributed by atoms with van der Waals surface area (Å²) < 4.78 is 5.89. The van der Waals surface area contributed by atoms with Gasteiger partial charge in [-0.15, -0.1) is 0 Å². The van der Waals surface area contributed by atoms with E-state index in [1.807, 2.05) is 0 Å². The molecule has 1 aromatic heterocycles. The Hall–Kier alpha value is -2.34. The van der Waals surface area contributed by atoms with Gasteiger partial charge in [-0.05, 0) is 24.3 Å². The second kappa shape index (κ2) is 5.75. The van der Waals surface area contributed by atoms with Crippen LogP contribution in [0.3, 0.4) is 0 Å². The fourth-order valence-corrected chi connectivity index (χ4v) is 1.73. The Morgan fingerprint density at radius 1 is 1.30 bits per heavy atom. The van der Waals surface area contributed by atoms with Gasteiger partial charge in [-0.2, -0.15) is 5.10 Å². The molecule has 20 heavy (non-hydrogen) atoms. The van der Waals surface area contributed by atoms with E-state index in [9.17, 15) is 9.59 Å². The number of aromatic nitrogens is 2. The summed E-state index contributed by atoms with van der Waals surface area (Å²) in [6.45, 7) is 0. The highest BCUT2D eigenvalue weighted by molar-refractivity contribution is 6.30. The number of hydrogen-bond acceptors (Lipinski definition) is 4. The number of carbonyl (C=O) groups excluding carboxylic acids is 2. The van der Waals surface area contributed by atoms with Crippen molar-refractivity contribution in [1.29, 1.82) is 0 Å². The number of rotatable bonds is 3. The summed E-state index contributed by atoms with van der Waals surface area (Å²) in [6, 6.07) is 8.04. The molecule has 1 aromatic carbocycles. The lowest BCUT2D eigenvalue weighted by Crippen LogP contribution is -2.12. The minimum Gasteiger partial charge on any atom is -0.464 e. The first-order chi connectivity index (χ1) is 9.51. The Morgan fingerprint density at radius 2 is 1.95 bits per heavy atom. The molecule has 0 saturated carbocycles. The van der Waals surface area contributed by atoms with Gasteiger partial charge in [-0.1, -0.05) is 11.6 Å². The molecule has 0 fully saturated rings. The van der Waals surface area contributed by atoms with Crippen molar-refractivity contribution in [3.8, 4) is 0 Å². The van der Waals surface area contributed by atoms with E-state index in [0.717, 1.165) is 0 Å². The number of anilines is 1. The van der Waals surface area contributed by atoms with Gasteiger partial charge in [0.25, 0.3) is 5.91 Å². The lowest BCUT2D eigenvalue weighted by molar-refractivity contribution is 0.0588. The molecule has 0 atom stereocenters. The largest absolute Gasteiger partial charge is 0.464 e. The number of nitrogens with zero attached hydrogens (tertiary/aromatic N) is 2. The molecule has 1 N–H and O–H groups in total. The van der Waals surface area contributed by atoms with E-state index in [0.29, 0.717) is 10.7 Å². The van der Waals surface area contributed by atoms with E-state index in [2.05, 4.69) is 15.2 Å². The molecule has 1 amide bonds. The number of halogens is 1. The van der Waals surface area contributed by atoms with Crippen LogP contribution < -0.4 is 5.32 Å². The molecule has 0 spiro atoms. The van der Waals surface area contributed by atoms with Crippen molar-refractivity contribution in [3.05, 3.63) is 46.7 Å². The number of carbonyl (C=O) groups is 2. The van der Waals surface area contributed by atoms with E-state index in [1.165, 1.54) is 17.9 Å². The molecule has 1 heterocycles. The van der Waals surface area contributed by atoms with Crippen LogP contribution in [0.2, 0.25) is 5.02 Å². The third-order valence-electron chi connectivity index (χ3n) is 2.61. The summed E-state index contributed by atoms with van der Waals surface area (Å²) in [6.07, 6.45) is 0. The first kappa shape index (κ1) is 14.1. The summed E-state index contributed by atoms with van der Waals surface area (Å²) in [5, 5.41) is 7.21. The third-order valence-corrected chi connectivity index (χ3v) is 2.86. The minimum absolute atomic E-state index is 0.128. The van der Waals surface area contributed by atoms with Gasteiger partial charge in [-0.25, -0.2) is 4.79 Å². The van der Waals surface area contributed by atoms with E-state index in [1.54, 1.807) is 31.3 Å². The number of hydrogen-bond donors (Lipinski definition) is 1. The zero-order chi connectivity index (χ0) is 14.7. The van der Waals surface area contributed by atoms with Crippen molar-refractivity contribution in [2.45, 2.75) is 0 Å². The highest BCUT2D eigenvalue weighted by Crippen LogP contribution is 2.14. The Bertz CT molecular complexity index is 649. The van der Waals surface area contributed by atoms with Crippen LogP contribution in [0.25, 0.3) is 0 Å². The molecule has 0 bridgehead atoms. The Kier molecular flexibility index (Phi) is 4.05. The molecular formula is C13H12ClN3O3. The van der Waals surface area contributed by atoms with Crippen LogP contribution >= 0.6 is 11.6 Å². The zero-order valence-electron chi connectivity index (χ0n) is 10.9. The fourth-order valence-electron chi connectivity index (χ4n) is 1.60. The predicted molar refractivity (Wildman–Crippen MR) is 74.0 cm³/mol. The molecule has 0 aliphatic heterocycles. The summed E-state index contributed by atoms with van der Waals surface area (Å²) in [4.78, 5) is 23.4. The fraction of sp³-hybridized carbons (Fsp3) is 0.154. The van der Waals surface area contributed by atoms with E-state index in [-0.39, 0.29) is 11.4 Å². The Morgan fingerprint density at radius 3 is 2.55 bits per heavy atom. The van der Waals surface area contributed by atoms with Gasteiger partial charge in [0.15, 0.2) is 5.69 Å². The molecule has 0 saturated heterocycles. The monoisotopic (exact) mass is 293 g/mol. The molecule has 6 nitrogen and oxygen atoms in total. The Labute approximate surface area is 120 Å². The van der Waals surface area contributed by atoms with Crippen molar-refractivity contribution in [1.82, 2.24) is 9.78 Å². The van der Waals surface area contributed by atoms with E-state index in [4.69, 9.17) is 11.6 Å². The SMILES string of the molecule is COC(=O)c1cc(C(=O)Nc2ccc(Cl)cc2)nn1C. The van der Waals surface area contributed by atoms with Gasteiger partial charge in [0.05, 0.1) is 7.11 Å². The lowest BCUT2D eigenvalue weighted by atomic mass is 10.3. The van der Waals surface area contributed by atoms with Crippen LogP contribution in [0.15, 0.2) is 30.3 Å². The maximum Gasteiger partial charge on any atom is 0.356 e. The van der Waals surface area contributed by atoms with Crippen LogP contribution in [0, 0.1) is 0 Å². The number of ether oxygens (including phenoxy) is 1. The van der Waals surface area contributed by atoms with E-state index >= 15 is 0 Å². The minimum atomic E-state index is -0.550. The smallest absolute Gasteiger partial charge is 0.356 e. The van der Waals surface area contributed by atoms with Gasteiger partial charge in [0, 0.05) is 23.8 Å². The number of nitrogens with one attached hydrogen (secondary N) is 1. The van der Waals surface area contributed by atoms with Crippen molar-refractivity contribution < 1.29 is 14.3 Å².